The lowest BCUT2D eigenvalue weighted by Crippen LogP contribution is -1.83. The molecule has 2 aromatic rings. The molecule has 0 saturated carbocycles. The smallest absolute Gasteiger partial charge is 0.171 e. The fraction of sp³-hybridized carbons (Fsp3) is 0.167. The topological polar surface area (TPSA) is 30.0 Å². The molecule has 0 fully saturated rings. The maximum absolute atomic E-state index is 11.1. The van der Waals surface area contributed by atoms with Gasteiger partial charge in [-0.1, -0.05) is 11.6 Å². The van der Waals surface area contributed by atoms with Gasteiger partial charge in [0.05, 0.1) is 10.6 Å². The van der Waals surface area contributed by atoms with Gasteiger partial charge >= 0.3 is 0 Å². The molecule has 0 aliphatic rings. The van der Waals surface area contributed by atoms with Crippen molar-refractivity contribution >= 4 is 40.5 Å². The van der Waals surface area contributed by atoms with Crippen molar-refractivity contribution in [3.05, 3.63) is 45.4 Å². The molecular weight excluding hydrogens is 274 g/mol. The van der Waals surface area contributed by atoms with Crippen LogP contribution in [-0.2, 0) is 5.75 Å². The summed E-state index contributed by atoms with van der Waals surface area (Å²) in [5.41, 5.74) is 0. The monoisotopic (exact) mass is 283 g/mol. The second-order valence-electron chi connectivity index (χ2n) is 3.42. The summed E-state index contributed by atoms with van der Waals surface area (Å²) in [6.07, 6.45) is 1.64. The summed E-state index contributed by atoms with van der Waals surface area (Å²) >= 11 is 8.95. The molecule has 0 aliphatic carbocycles. The van der Waals surface area contributed by atoms with Crippen LogP contribution in [0.4, 0.5) is 0 Å². The lowest BCUT2D eigenvalue weighted by Gasteiger charge is -1.98. The predicted octanol–water partition coefficient (Wildman–Crippen LogP) is 4.29. The molecule has 17 heavy (non-hydrogen) atoms. The number of rotatable bonds is 4. The summed E-state index contributed by atoms with van der Waals surface area (Å²) in [5, 5.41) is 1.71. The van der Waals surface area contributed by atoms with Crippen LogP contribution < -0.4 is 0 Å². The highest BCUT2D eigenvalue weighted by Crippen LogP contribution is 2.26. The molecule has 0 spiro atoms. The molecule has 88 valence electrons. The molecule has 0 saturated heterocycles. The Morgan fingerprint density at radius 2 is 2.12 bits per heavy atom. The zero-order valence-electron chi connectivity index (χ0n) is 9.14. The van der Waals surface area contributed by atoms with Gasteiger partial charge in [-0.05, 0) is 24.3 Å². The number of Topliss-reactive ketones (excluding diaryl/α,β-unsaturated/α-hetero) is 1. The molecule has 0 N–H and O–H groups in total. The van der Waals surface area contributed by atoms with Gasteiger partial charge in [0.1, 0.15) is 5.01 Å². The number of hydrogen-bond donors (Lipinski definition) is 0. The average molecular weight is 284 g/mol. The number of thiazole rings is 1. The maximum atomic E-state index is 11.1. The van der Waals surface area contributed by atoms with E-state index in [1.54, 1.807) is 24.9 Å². The van der Waals surface area contributed by atoms with Crippen LogP contribution in [0.1, 0.15) is 21.6 Å². The molecular formula is C12H10ClNOS2. The number of halogens is 1. The van der Waals surface area contributed by atoms with E-state index in [4.69, 9.17) is 11.6 Å². The molecule has 1 aromatic heterocycles. The normalized spacial score (nSPS) is 10.5. The first kappa shape index (κ1) is 12.6. The van der Waals surface area contributed by atoms with Crippen molar-refractivity contribution in [2.45, 2.75) is 17.6 Å². The zero-order valence-corrected chi connectivity index (χ0v) is 11.5. The standard InChI is InChI=1S/C12H10ClNOS2/c1-8(15)11-6-14-12(17-11)7-16-10-4-2-9(13)3-5-10/h2-6H,7H2,1H3. The molecule has 0 amide bonds. The molecule has 1 heterocycles. The van der Waals surface area contributed by atoms with E-state index in [-0.39, 0.29) is 5.78 Å². The Morgan fingerprint density at radius 3 is 2.71 bits per heavy atom. The van der Waals surface area contributed by atoms with Crippen LogP contribution in [0.2, 0.25) is 5.02 Å². The Labute approximate surface area is 113 Å². The number of benzene rings is 1. The van der Waals surface area contributed by atoms with Gasteiger partial charge < -0.3 is 0 Å². The van der Waals surface area contributed by atoms with Crippen LogP contribution in [0.25, 0.3) is 0 Å². The quantitative estimate of drug-likeness (QED) is 0.619. The van der Waals surface area contributed by atoms with Gasteiger partial charge in [-0.15, -0.1) is 23.1 Å². The average Bonchev–Trinajstić information content (AvgIpc) is 2.77. The van der Waals surface area contributed by atoms with Crippen molar-refractivity contribution < 1.29 is 4.79 Å². The number of aromatic nitrogens is 1. The van der Waals surface area contributed by atoms with E-state index in [0.717, 1.165) is 25.6 Å². The zero-order chi connectivity index (χ0) is 12.3. The van der Waals surface area contributed by atoms with Crippen molar-refractivity contribution in [2.24, 2.45) is 0 Å². The van der Waals surface area contributed by atoms with Crippen molar-refractivity contribution in [3.8, 4) is 0 Å². The minimum Gasteiger partial charge on any atom is -0.294 e. The Morgan fingerprint density at radius 1 is 1.41 bits per heavy atom. The van der Waals surface area contributed by atoms with E-state index >= 15 is 0 Å². The maximum Gasteiger partial charge on any atom is 0.171 e. The summed E-state index contributed by atoms with van der Waals surface area (Å²) in [5.74, 6) is 0.852. The van der Waals surface area contributed by atoms with E-state index in [9.17, 15) is 4.79 Å². The van der Waals surface area contributed by atoms with Gasteiger partial charge in [0.25, 0.3) is 0 Å². The summed E-state index contributed by atoms with van der Waals surface area (Å²) in [6.45, 7) is 1.56. The molecule has 5 heteroatoms. The first-order valence-corrected chi connectivity index (χ1v) is 7.17. The molecule has 0 radical (unpaired) electrons. The third-order valence-corrected chi connectivity index (χ3v) is 4.63. The Balaban J connectivity index is 1.97. The highest BCUT2D eigenvalue weighted by molar-refractivity contribution is 7.98. The number of nitrogens with zero attached hydrogens (tertiary/aromatic N) is 1. The van der Waals surface area contributed by atoms with E-state index in [1.165, 1.54) is 11.3 Å². The molecule has 0 atom stereocenters. The van der Waals surface area contributed by atoms with E-state index in [0.29, 0.717) is 0 Å². The van der Waals surface area contributed by atoms with E-state index in [2.05, 4.69) is 4.98 Å². The first-order valence-electron chi connectivity index (χ1n) is 4.99. The lowest BCUT2D eigenvalue weighted by molar-refractivity contribution is 0.102. The van der Waals surface area contributed by atoms with E-state index < -0.39 is 0 Å². The van der Waals surface area contributed by atoms with Crippen molar-refractivity contribution in [3.63, 3.8) is 0 Å². The highest BCUT2D eigenvalue weighted by Gasteiger charge is 2.06. The highest BCUT2D eigenvalue weighted by atomic mass is 35.5. The van der Waals surface area contributed by atoms with Crippen LogP contribution >= 0.6 is 34.7 Å². The van der Waals surface area contributed by atoms with Gasteiger partial charge in [0, 0.05) is 23.0 Å². The van der Waals surface area contributed by atoms with Crippen LogP contribution in [0.15, 0.2) is 35.4 Å². The van der Waals surface area contributed by atoms with Crippen molar-refractivity contribution in [1.29, 1.82) is 0 Å². The fourth-order valence-electron chi connectivity index (χ4n) is 1.22. The molecule has 0 aliphatic heterocycles. The summed E-state index contributed by atoms with van der Waals surface area (Å²) in [4.78, 5) is 17.2. The number of carbonyl (C=O) groups is 1. The number of hydrogen-bond acceptors (Lipinski definition) is 4. The van der Waals surface area contributed by atoms with Crippen molar-refractivity contribution in [2.75, 3.05) is 0 Å². The second kappa shape index (κ2) is 5.67. The molecule has 0 unspecified atom stereocenters. The predicted molar refractivity (Wildman–Crippen MR) is 73.1 cm³/mol. The van der Waals surface area contributed by atoms with Gasteiger partial charge in [-0.2, -0.15) is 0 Å². The van der Waals surface area contributed by atoms with Crippen LogP contribution in [0.5, 0.6) is 0 Å². The van der Waals surface area contributed by atoms with Gasteiger partial charge in [-0.3, -0.25) is 4.79 Å². The number of carbonyl (C=O) groups excluding carboxylic acids is 1. The summed E-state index contributed by atoms with van der Waals surface area (Å²) in [7, 11) is 0. The lowest BCUT2D eigenvalue weighted by atomic mass is 10.4. The molecule has 2 rings (SSSR count). The SMILES string of the molecule is CC(=O)c1cnc(CSc2ccc(Cl)cc2)s1. The van der Waals surface area contributed by atoms with Crippen LogP contribution in [0, 0.1) is 0 Å². The van der Waals surface area contributed by atoms with E-state index in [1.807, 2.05) is 24.3 Å². The summed E-state index contributed by atoms with van der Waals surface area (Å²) < 4.78 is 0. The molecule has 1 aromatic carbocycles. The van der Waals surface area contributed by atoms with Crippen LogP contribution in [0.3, 0.4) is 0 Å². The van der Waals surface area contributed by atoms with Gasteiger partial charge in [0.2, 0.25) is 0 Å². The molecule has 0 bridgehead atoms. The van der Waals surface area contributed by atoms with Crippen molar-refractivity contribution in [1.82, 2.24) is 4.98 Å². The minimum absolute atomic E-state index is 0.0743. The Kier molecular flexibility index (Phi) is 4.20. The Bertz CT molecular complexity index is 522. The first-order chi connectivity index (χ1) is 8.15. The Hall–Kier alpha value is -0.840. The fourth-order valence-corrected chi connectivity index (χ4v) is 3.06. The third kappa shape index (κ3) is 3.56. The molecule has 2 nitrogen and oxygen atoms in total. The largest absolute Gasteiger partial charge is 0.294 e. The van der Waals surface area contributed by atoms with Gasteiger partial charge in [-0.25, -0.2) is 4.98 Å². The number of thioether (sulfide) groups is 1. The third-order valence-electron chi connectivity index (χ3n) is 2.08. The number of ketones is 1. The van der Waals surface area contributed by atoms with Gasteiger partial charge in [0.15, 0.2) is 5.78 Å². The summed E-state index contributed by atoms with van der Waals surface area (Å²) in [6, 6.07) is 7.69. The van der Waals surface area contributed by atoms with Crippen LogP contribution in [-0.4, -0.2) is 10.8 Å². The minimum atomic E-state index is 0.0743. The second-order valence-corrected chi connectivity index (χ2v) is 6.02.